The van der Waals surface area contributed by atoms with Gasteiger partial charge in [0.1, 0.15) is 70.9 Å². The van der Waals surface area contributed by atoms with E-state index in [0.29, 0.717) is 10.6 Å². The standard InChI is InChI=1S/C24BF20.C10H15O3S2/c26-5-1(6(27)14(35)21(42)13(5)34)25(2-7(28)15(36)22(43)16(37)8(2)29,3-9(30)17(38)23(44)18(39)10(3)31)4-11(32)19(40)24(45)20(41)12(4)33;1-14(2,11)8-9-4-6-10(7-5-9)15(3,12)13/h;4-7H,8H2,1-3H3/q-1;+1. The van der Waals surface area contributed by atoms with E-state index in [1.807, 2.05) is 0 Å². The zero-order chi connectivity index (χ0) is 46.0. The van der Waals surface area contributed by atoms with Crippen molar-refractivity contribution in [1.82, 2.24) is 0 Å². The molecule has 0 heterocycles. The predicted molar refractivity (Wildman–Crippen MR) is 172 cm³/mol. The maximum Gasteiger partial charge on any atom is 0.200 e. The summed E-state index contributed by atoms with van der Waals surface area (Å²) >= 11 is 0. The zero-order valence-electron chi connectivity index (χ0n) is 29.2. The number of benzene rings is 5. The minimum absolute atomic E-state index is 0.296. The molecule has 60 heavy (non-hydrogen) atoms. The zero-order valence-corrected chi connectivity index (χ0v) is 30.8. The molecular weight excluding hydrogens is 911 g/mol. The Balaban J connectivity index is 0.000000445. The van der Waals surface area contributed by atoms with Gasteiger partial charge in [-0.15, -0.1) is 26.1 Å². The summed E-state index contributed by atoms with van der Waals surface area (Å²) in [5.41, 5.74) is -13.4. The number of hydrogen-bond acceptors (Lipinski definition) is 3. The van der Waals surface area contributed by atoms with Gasteiger partial charge < -0.3 is 0 Å². The van der Waals surface area contributed by atoms with Crippen LogP contribution in [-0.4, -0.2) is 33.3 Å². The lowest BCUT2D eigenvalue weighted by molar-refractivity contribution is 0.378. The summed E-state index contributed by atoms with van der Waals surface area (Å²) in [7, 11) is -4.96. The van der Waals surface area contributed by atoms with Crippen molar-refractivity contribution in [1.29, 1.82) is 0 Å². The first-order chi connectivity index (χ1) is 27.4. The fourth-order valence-electron chi connectivity index (χ4n) is 6.11. The first-order valence-corrected chi connectivity index (χ1v) is 19.8. The van der Waals surface area contributed by atoms with E-state index in [4.69, 9.17) is 0 Å². The SMILES string of the molecule is CS(=O)(=O)c1ccc(C[S+](C)(C)=O)cc1.Fc1c(F)c(F)c([B-](c2c(F)c(F)c(F)c(F)c2F)(c2c(F)c(F)c(F)c(F)c2F)c2c(F)c(F)c(F)c(F)c2F)c(F)c1F. The molecule has 26 heteroatoms. The van der Waals surface area contributed by atoms with Crippen LogP contribution in [0.3, 0.4) is 0 Å². The van der Waals surface area contributed by atoms with Gasteiger partial charge in [-0.2, -0.15) is 0 Å². The Morgan fingerprint density at radius 1 is 0.383 bits per heavy atom. The maximum atomic E-state index is 15.4. The van der Waals surface area contributed by atoms with Crippen LogP contribution in [0.1, 0.15) is 5.56 Å². The lowest BCUT2D eigenvalue weighted by atomic mass is 9.12. The predicted octanol–water partition coefficient (Wildman–Crippen LogP) is 7.20. The highest BCUT2D eigenvalue weighted by molar-refractivity contribution is 8.00. The fourth-order valence-corrected chi connectivity index (χ4v) is 7.73. The van der Waals surface area contributed by atoms with Crippen LogP contribution in [-0.2, 0) is 29.7 Å². The summed E-state index contributed by atoms with van der Waals surface area (Å²) in [5, 5.41) is 0. The molecule has 0 amide bonds. The van der Waals surface area contributed by atoms with Crippen LogP contribution in [0.15, 0.2) is 29.2 Å². The summed E-state index contributed by atoms with van der Waals surface area (Å²) in [6.45, 7) is 0. The smallest absolute Gasteiger partial charge is 0.200 e. The Morgan fingerprint density at radius 3 is 0.733 bits per heavy atom. The molecule has 0 atom stereocenters. The Labute approximate surface area is 323 Å². The number of sulfone groups is 1. The second-order valence-corrected chi connectivity index (χ2v) is 18.0. The van der Waals surface area contributed by atoms with Gasteiger partial charge in [-0.3, -0.25) is 0 Å². The third kappa shape index (κ3) is 7.70. The molecule has 0 aliphatic heterocycles. The van der Waals surface area contributed by atoms with Crippen LogP contribution in [0.4, 0.5) is 87.8 Å². The second kappa shape index (κ2) is 16.4. The summed E-state index contributed by atoms with van der Waals surface area (Å²) in [6, 6.07) is 6.53. The summed E-state index contributed by atoms with van der Waals surface area (Å²) < 4.78 is 328. The molecule has 0 saturated heterocycles. The van der Waals surface area contributed by atoms with E-state index in [1.165, 1.54) is 6.26 Å². The number of rotatable bonds is 7. The van der Waals surface area contributed by atoms with Gasteiger partial charge in [0, 0.05) is 11.8 Å². The molecule has 5 aromatic carbocycles. The lowest BCUT2D eigenvalue weighted by Crippen LogP contribution is -2.81. The van der Waals surface area contributed by atoms with E-state index in [9.17, 15) is 65.3 Å². The molecule has 0 N–H and O–H groups in total. The molecule has 5 aromatic rings. The Bertz CT molecular complexity index is 2380. The van der Waals surface area contributed by atoms with Crippen molar-refractivity contribution in [2.75, 3.05) is 18.8 Å². The third-order valence-corrected chi connectivity index (χ3v) is 10.7. The highest BCUT2D eigenvalue weighted by Crippen LogP contribution is 2.31. The van der Waals surface area contributed by atoms with Gasteiger partial charge >= 0.3 is 0 Å². The van der Waals surface area contributed by atoms with Crippen LogP contribution in [0.5, 0.6) is 0 Å². The van der Waals surface area contributed by atoms with Crippen LogP contribution in [0.25, 0.3) is 0 Å². The van der Waals surface area contributed by atoms with Gasteiger partial charge in [0.15, 0.2) is 79.6 Å². The summed E-state index contributed by atoms with van der Waals surface area (Å²) in [6.07, 6.45) is -2.66. The van der Waals surface area contributed by atoms with Crippen LogP contribution < -0.4 is 21.9 Å². The molecular formula is C34H15BF20O3S2. The maximum absolute atomic E-state index is 15.4. The molecule has 0 aliphatic carbocycles. The molecule has 0 aromatic heterocycles. The van der Waals surface area contributed by atoms with E-state index >= 15 is 35.1 Å². The van der Waals surface area contributed by atoms with Crippen molar-refractivity contribution >= 4 is 47.8 Å². The Hall–Kier alpha value is -5.14. The van der Waals surface area contributed by atoms with Crippen LogP contribution in [0.2, 0.25) is 0 Å². The Kier molecular flexibility index (Phi) is 13.0. The number of halogens is 20. The van der Waals surface area contributed by atoms with Crippen molar-refractivity contribution in [3.8, 4) is 0 Å². The van der Waals surface area contributed by atoms with E-state index in [1.54, 1.807) is 36.8 Å². The van der Waals surface area contributed by atoms with E-state index in [-0.39, 0.29) is 0 Å². The molecule has 0 radical (unpaired) electrons. The normalized spacial score (nSPS) is 12.2. The Morgan fingerprint density at radius 2 is 0.567 bits per heavy atom. The average Bonchev–Trinajstić information content (AvgIpc) is 3.17. The van der Waals surface area contributed by atoms with Crippen molar-refractivity contribution in [2.45, 2.75) is 10.6 Å². The lowest BCUT2D eigenvalue weighted by Gasteiger charge is -2.44. The monoisotopic (exact) mass is 926 g/mol. The van der Waals surface area contributed by atoms with Crippen LogP contribution >= 0.6 is 0 Å². The van der Waals surface area contributed by atoms with Crippen molar-refractivity contribution in [3.05, 3.63) is 146 Å². The molecule has 0 spiro atoms. The first kappa shape index (κ1) is 47.5. The van der Waals surface area contributed by atoms with Gasteiger partial charge in [0.05, 0.1) is 14.8 Å². The second-order valence-electron chi connectivity index (χ2n) is 12.8. The van der Waals surface area contributed by atoms with Crippen molar-refractivity contribution < 1.29 is 100 Å². The average molecular weight is 926 g/mol. The van der Waals surface area contributed by atoms with Gasteiger partial charge in [-0.1, -0.05) is 12.1 Å². The molecule has 0 aliphatic rings. The van der Waals surface area contributed by atoms with Crippen molar-refractivity contribution in [3.63, 3.8) is 0 Å². The van der Waals surface area contributed by atoms with Gasteiger partial charge in [0.25, 0.3) is 0 Å². The van der Waals surface area contributed by atoms with Gasteiger partial charge in [-0.25, -0.2) is 96.2 Å². The molecule has 324 valence electrons. The van der Waals surface area contributed by atoms with Gasteiger partial charge in [-0.05, 0) is 12.1 Å². The van der Waals surface area contributed by atoms with E-state index in [2.05, 4.69) is 0 Å². The van der Waals surface area contributed by atoms with Crippen LogP contribution in [0, 0.1) is 116 Å². The minimum atomic E-state index is -7.22. The van der Waals surface area contributed by atoms with Crippen molar-refractivity contribution in [2.24, 2.45) is 0 Å². The summed E-state index contributed by atoms with van der Waals surface area (Å²) in [4.78, 5) is 0.296. The highest BCUT2D eigenvalue weighted by atomic mass is 32.2. The summed E-state index contributed by atoms with van der Waals surface area (Å²) in [5.74, 6) is -70.9. The van der Waals surface area contributed by atoms with E-state index in [0.717, 1.165) is 5.56 Å². The minimum Gasteiger partial charge on any atom is -0.224 e. The molecule has 0 bridgehead atoms. The van der Waals surface area contributed by atoms with Gasteiger partial charge in [0.2, 0.25) is 0 Å². The first-order valence-electron chi connectivity index (χ1n) is 15.3. The highest BCUT2D eigenvalue weighted by Gasteiger charge is 2.52. The van der Waals surface area contributed by atoms with E-state index < -0.39 is 164 Å². The fraction of sp³-hybridized carbons (Fsp3) is 0.118. The number of hydrogen-bond donors (Lipinski definition) is 0. The molecule has 3 nitrogen and oxygen atoms in total. The molecule has 0 saturated carbocycles. The third-order valence-electron chi connectivity index (χ3n) is 8.57. The molecule has 0 fully saturated rings. The topological polar surface area (TPSA) is 51.2 Å². The molecule has 5 rings (SSSR count). The molecule has 0 unspecified atom stereocenters. The largest absolute Gasteiger partial charge is 0.224 e. The quantitative estimate of drug-likeness (QED) is 0.0572.